The van der Waals surface area contributed by atoms with E-state index in [-0.39, 0.29) is 4.90 Å². The van der Waals surface area contributed by atoms with Gasteiger partial charge in [-0.25, -0.2) is 4.52 Å². The van der Waals surface area contributed by atoms with Gasteiger partial charge in [-0.2, -0.15) is 8.42 Å². The average molecular weight is 240 g/mol. The molecule has 0 saturated heterocycles. The van der Waals surface area contributed by atoms with Crippen LogP contribution in [0, 0.1) is 0 Å². The van der Waals surface area contributed by atoms with Gasteiger partial charge in [-0.1, -0.05) is 12.1 Å². The number of aromatic nitrogens is 1. The van der Waals surface area contributed by atoms with Crippen molar-refractivity contribution in [1.82, 2.24) is 0 Å². The van der Waals surface area contributed by atoms with Crippen molar-refractivity contribution in [3.8, 4) is 11.3 Å². The highest BCUT2D eigenvalue weighted by atomic mass is 32.2. The first kappa shape index (κ1) is 10.8. The van der Waals surface area contributed by atoms with Crippen LogP contribution >= 0.6 is 0 Å². The first-order valence-corrected chi connectivity index (χ1v) is 5.95. The van der Waals surface area contributed by atoms with Crippen LogP contribution in [0.25, 0.3) is 11.3 Å². The molecule has 0 unspecified atom stereocenters. The largest absolute Gasteiger partial charge is 0.294 e. The third-order valence-electron chi connectivity index (χ3n) is 2.09. The zero-order chi connectivity index (χ0) is 11.8. The van der Waals surface area contributed by atoms with Crippen LogP contribution in [0.1, 0.15) is 0 Å². The lowest BCUT2D eigenvalue weighted by molar-refractivity contribution is -0.843. The predicted octanol–water partition coefficient (Wildman–Crippen LogP) is 1.02. The molecule has 0 bridgehead atoms. The van der Waals surface area contributed by atoms with Crippen molar-refractivity contribution in [2.75, 3.05) is 0 Å². The lowest BCUT2D eigenvalue weighted by Crippen LogP contribution is -2.22. The van der Waals surface area contributed by atoms with Gasteiger partial charge in [0.25, 0.3) is 10.1 Å². The lowest BCUT2D eigenvalue weighted by atomic mass is 10.2. The fraction of sp³-hybridized carbons (Fsp3) is 0.100. The van der Waals surface area contributed by atoms with Gasteiger partial charge in [0, 0.05) is 5.56 Å². The van der Waals surface area contributed by atoms with E-state index in [1.165, 1.54) is 16.9 Å². The summed E-state index contributed by atoms with van der Waals surface area (Å²) in [7, 11) is -2.46. The summed E-state index contributed by atoms with van der Waals surface area (Å²) >= 11 is 0. The van der Waals surface area contributed by atoms with Crippen molar-refractivity contribution < 1.29 is 22.2 Å². The standard InChI is InChI=1S/C10H9NO4S/c1-11-6-5-10(15-11)8-3-2-4-9(7-8)16(12,13)14/h2-7H,1H3/p+1. The molecule has 0 atom stereocenters. The van der Waals surface area contributed by atoms with E-state index in [0.29, 0.717) is 11.3 Å². The maximum atomic E-state index is 10.9. The molecule has 84 valence electrons. The van der Waals surface area contributed by atoms with Crippen LogP contribution < -0.4 is 4.74 Å². The van der Waals surface area contributed by atoms with Crippen LogP contribution in [0.4, 0.5) is 0 Å². The molecule has 0 aliphatic heterocycles. The summed E-state index contributed by atoms with van der Waals surface area (Å²) in [5.74, 6) is 0.535. The SMILES string of the molecule is C[n+]1ccc(-c2cccc(S(=O)(=O)O)c2)o1. The minimum atomic E-state index is -4.17. The number of hydrogen-bond donors (Lipinski definition) is 1. The summed E-state index contributed by atoms with van der Waals surface area (Å²) in [6.45, 7) is 0. The highest BCUT2D eigenvalue weighted by Gasteiger charge is 2.13. The number of aryl methyl sites for hydroxylation is 1. The Kier molecular flexibility index (Phi) is 2.53. The molecule has 0 amide bonds. The Labute approximate surface area is 92.7 Å². The van der Waals surface area contributed by atoms with Crippen LogP contribution in [-0.4, -0.2) is 13.0 Å². The van der Waals surface area contributed by atoms with Crippen molar-refractivity contribution in [3.05, 3.63) is 36.5 Å². The van der Waals surface area contributed by atoms with Crippen molar-refractivity contribution in [2.45, 2.75) is 4.90 Å². The van der Waals surface area contributed by atoms with Gasteiger partial charge in [-0.15, -0.1) is 0 Å². The highest BCUT2D eigenvalue weighted by molar-refractivity contribution is 7.85. The quantitative estimate of drug-likeness (QED) is 0.628. The summed E-state index contributed by atoms with van der Waals surface area (Å²) in [4.78, 5) is -0.149. The van der Waals surface area contributed by atoms with E-state index >= 15 is 0 Å². The molecule has 0 aliphatic carbocycles. The Morgan fingerprint density at radius 3 is 2.62 bits per heavy atom. The normalized spacial score (nSPS) is 11.6. The molecule has 1 heterocycles. The van der Waals surface area contributed by atoms with Crippen LogP contribution in [-0.2, 0) is 17.2 Å². The molecule has 0 fully saturated rings. The Balaban J connectivity index is 2.52. The molecule has 2 rings (SSSR count). The summed E-state index contributed by atoms with van der Waals surface area (Å²) in [6.07, 6.45) is 1.70. The van der Waals surface area contributed by atoms with Gasteiger partial charge in [0.2, 0.25) is 12.0 Å². The average Bonchev–Trinajstić information content (AvgIpc) is 2.64. The smallest absolute Gasteiger partial charge is 0.282 e. The highest BCUT2D eigenvalue weighted by Crippen LogP contribution is 2.21. The van der Waals surface area contributed by atoms with Crippen molar-refractivity contribution in [2.24, 2.45) is 7.05 Å². The maximum Gasteiger partial charge on any atom is 0.294 e. The zero-order valence-electron chi connectivity index (χ0n) is 8.49. The monoisotopic (exact) mass is 240 g/mol. The summed E-state index contributed by atoms with van der Waals surface area (Å²) < 4.78 is 37.6. The topological polar surface area (TPSA) is 71.4 Å². The van der Waals surface area contributed by atoms with Crippen molar-refractivity contribution in [3.63, 3.8) is 0 Å². The van der Waals surface area contributed by atoms with Crippen LogP contribution in [0.5, 0.6) is 0 Å². The number of benzene rings is 1. The minimum absolute atomic E-state index is 0.149. The van der Waals surface area contributed by atoms with Gasteiger partial charge in [0.15, 0.2) is 7.05 Å². The third kappa shape index (κ3) is 2.12. The van der Waals surface area contributed by atoms with Crippen molar-refractivity contribution in [1.29, 1.82) is 0 Å². The molecule has 0 aliphatic rings. The Morgan fingerprint density at radius 1 is 1.31 bits per heavy atom. The Morgan fingerprint density at radius 2 is 2.06 bits per heavy atom. The van der Waals surface area contributed by atoms with E-state index in [4.69, 9.17) is 9.08 Å². The first-order valence-electron chi connectivity index (χ1n) is 4.51. The van der Waals surface area contributed by atoms with Crippen LogP contribution in [0.2, 0.25) is 0 Å². The second kappa shape index (κ2) is 3.73. The summed E-state index contributed by atoms with van der Waals surface area (Å²) in [5.41, 5.74) is 0.593. The minimum Gasteiger partial charge on any atom is -0.282 e. The molecule has 0 saturated carbocycles. The van der Waals surface area contributed by atoms with Gasteiger partial charge in [-0.05, 0) is 16.9 Å². The number of nitrogens with zero attached hydrogens (tertiary/aromatic N) is 1. The maximum absolute atomic E-state index is 10.9. The molecule has 1 N–H and O–H groups in total. The van der Waals surface area contributed by atoms with Crippen LogP contribution in [0.15, 0.2) is 45.9 Å². The van der Waals surface area contributed by atoms with E-state index in [0.717, 1.165) is 0 Å². The van der Waals surface area contributed by atoms with E-state index in [1.54, 1.807) is 31.4 Å². The molecule has 5 nitrogen and oxygen atoms in total. The first-order chi connectivity index (χ1) is 7.47. The molecule has 16 heavy (non-hydrogen) atoms. The molecule has 6 heteroatoms. The molecular weight excluding hydrogens is 230 g/mol. The summed E-state index contributed by atoms with van der Waals surface area (Å²) in [6, 6.07) is 7.63. The van der Waals surface area contributed by atoms with E-state index in [1.807, 2.05) is 0 Å². The lowest BCUT2D eigenvalue weighted by Gasteiger charge is -1.98. The second-order valence-electron chi connectivity index (χ2n) is 3.32. The zero-order valence-corrected chi connectivity index (χ0v) is 9.31. The second-order valence-corrected chi connectivity index (χ2v) is 4.74. The number of rotatable bonds is 2. The van der Waals surface area contributed by atoms with E-state index in [9.17, 15) is 8.42 Å². The van der Waals surface area contributed by atoms with E-state index < -0.39 is 10.1 Å². The van der Waals surface area contributed by atoms with E-state index in [2.05, 4.69) is 0 Å². The molecule has 1 aromatic carbocycles. The summed E-state index contributed by atoms with van der Waals surface area (Å²) in [5, 5.41) is 0. The van der Waals surface area contributed by atoms with Crippen LogP contribution in [0.3, 0.4) is 0 Å². The predicted molar refractivity (Wildman–Crippen MR) is 55.1 cm³/mol. The van der Waals surface area contributed by atoms with Gasteiger partial charge < -0.3 is 0 Å². The molecule has 0 radical (unpaired) electrons. The Bertz CT molecular complexity index is 615. The fourth-order valence-corrected chi connectivity index (χ4v) is 1.87. The molecule has 2 aromatic rings. The van der Waals surface area contributed by atoms with Gasteiger partial charge >= 0.3 is 0 Å². The van der Waals surface area contributed by atoms with Gasteiger partial charge in [0.1, 0.15) is 0 Å². The molecule has 0 spiro atoms. The number of hydrogen-bond acceptors (Lipinski definition) is 3. The third-order valence-corrected chi connectivity index (χ3v) is 2.94. The molecular formula is C10H10NO4S+. The van der Waals surface area contributed by atoms with Crippen molar-refractivity contribution >= 4 is 10.1 Å². The molecule has 1 aromatic heterocycles. The van der Waals surface area contributed by atoms with Gasteiger partial charge in [0.05, 0.1) is 11.0 Å². The Hall–Kier alpha value is -1.66. The van der Waals surface area contributed by atoms with Gasteiger partial charge in [-0.3, -0.25) is 4.55 Å². The fourth-order valence-electron chi connectivity index (χ4n) is 1.35.